The van der Waals surface area contributed by atoms with Gasteiger partial charge in [0.2, 0.25) is 0 Å². The molecule has 5 heteroatoms. The highest BCUT2D eigenvalue weighted by Gasteiger charge is 2.42. The van der Waals surface area contributed by atoms with E-state index in [1.807, 2.05) is 60.7 Å². The molecule has 2 fully saturated rings. The summed E-state index contributed by atoms with van der Waals surface area (Å²) in [5.41, 5.74) is 1.88. The molecule has 2 aromatic rings. The van der Waals surface area contributed by atoms with Gasteiger partial charge in [0.15, 0.2) is 12.6 Å². The van der Waals surface area contributed by atoms with E-state index in [0.29, 0.717) is 6.61 Å². The third-order valence-electron chi connectivity index (χ3n) is 4.30. The molecule has 4 rings (SSSR count). The molecule has 0 spiro atoms. The molecule has 0 bridgehead atoms. The fourth-order valence-electron chi connectivity index (χ4n) is 3.05. The van der Waals surface area contributed by atoms with Gasteiger partial charge in [-0.15, -0.1) is 0 Å². The van der Waals surface area contributed by atoms with Gasteiger partial charge in [0.25, 0.3) is 0 Å². The molecule has 0 saturated carbocycles. The molecule has 5 nitrogen and oxygen atoms in total. The highest BCUT2D eigenvalue weighted by Crippen LogP contribution is 2.34. The Labute approximate surface area is 140 Å². The number of aliphatic hydroxyl groups is 1. The molecule has 1 N–H and O–H groups in total. The van der Waals surface area contributed by atoms with Crippen LogP contribution in [-0.2, 0) is 18.9 Å². The van der Waals surface area contributed by atoms with Crippen molar-refractivity contribution < 1.29 is 24.1 Å². The number of hydrogen-bond donors (Lipinski definition) is 1. The van der Waals surface area contributed by atoms with Crippen molar-refractivity contribution in [3.05, 3.63) is 71.8 Å². The van der Waals surface area contributed by atoms with Crippen LogP contribution in [0.4, 0.5) is 0 Å². The normalized spacial score (nSPS) is 33.5. The highest BCUT2D eigenvalue weighted by atomic mass is 16.8. The van der Waals surface area contributed by atoms with Crippen molar-refractivity contribution in [1.29, 1.82) is 0 Å². The zero-order chi connectivity index (χ0) is 16.4. The van der Waals surface area contributed by atoms with Gasteiger partial charge in [0.1, 0.15) is 18.3 Å². The second kappa shape index (κ2) is 7.01. The number of benzene rings is 2. The molecule has 2 aromatic carbocycles. The van der Waals surface area contributed by atoms with Crippen LogP contribution >= 0.6 is 0 Å². The first-order chi connectivity index (χ1) is 11.8. The SMILES string of the molecule is O[C@@H]1COC(c2ccccc2)O[C@@H]1[C@@H]1COC(c2ccccc2)O1. The van der Waals surface area contributed by atoms with E-state index in [-0.39, 0.29) is 12.7 Å². The summed E-state index contributed by atoms with van der Waals surface area (Å²) in [4.78, 5) is 0. The van der Waals surface area contributed by atoms with E-state index in [2.05, 4.69) is 0 Å². The molecule has 2 heterocycles. The molecule has 5 atom stereocenters. The van der Waals surface area contributed by atoms with E-state index < -0.39 is 24.8 Å². The molecule has 0 aliphatic carbocycles. The fraction of sp³-hybridized carbons (Fsp3) is 0.368. The first-order valence-corrected chi connectivity index (χ1v) is 8.13. The minimum atomic E-state index is -0.743. The monoisotopic (exact) mass is 328 g/mol. The van der Waals surface area contributed by atoms with Crippen molar-refractivity contribution in [1.82, 2.24) is 0 Å². The number of ether oxygens (including phenoxy) is 4. The second-order valence-electron chi connectivity index (χ2n) is 5.99. The summed E-state index contributed by atoms with van der Waals surface area (Å²) in [5.74, 6) is 0. The fourth-order valence-corrected chi connectivity index (χ4v) is 3.05. The summed E-state index contributed by atoms with van der Waals surface area (Å²) >= 11 is 0. The van der Waals surface area contributed by atoms with Crippen LogP contribution < -0.4 is 0 Å². The maximum Gasteiger partial charge on any atom is 0.184 e. The maximum absolute atomic E-state index is 10.3. The van der Waals surface area contributed by atoms with Gasteiger partial charge in [0.05, 0.1) is 13.2 Å². The van der Waals surface area contributed by atoms with Crippen LogP contribution in [-0.4, -0.2) is 36.6 Å². The quantitative estimate of drug-likeness (QED) is 0.938. The van der Waals surface area contributed by atoms with Gasteiger partial charge in [-0.2, -0.15) is 0 Å². The Kier molecular flexibility index (Phi) is 4.60. The minimum Gasteiger partial charge on any atom is -0.388 e. The minimum absolute atomic E-state index is 0.208. The summed E-state index contributed by atoms with van der Waals surface area (Å²) in [6.45, 7) is 0.586. The average molecular weight is 328 g/mol. The van der Waals surface area contributed by atoms with E-state index in [0.717, 1.165) is 11.1 Å². The Balaban J connectivity index is 1.45. The molecule has 126 valence electrons. The van der Waals surface area contributed by atoms with Gasteiger partial charge < -0.3 is 24.1 Å². The zero-order valence-corrected chi connectivity index (χ0v) is 13.2. The van der Waals surface area contributed by atoms with E-state index in [9.17, 15) is 5.11 Å². The number of aliphatic hydroxyl groups excluding tert-OH is 1. The van der Waals surface area contributed by atoms with Crippen LogP contribution in [0.2, 0.25) is 0 Å². The molecule has 24 heavy (non-hydrogen) atoms. The topological polar surface area (TPSA) is 57.2 Å². The van der Waals surface area contributed by atoms with Crippen molar-refractivity contribution in [2.75, 3.05) is 13.2 Å². The first-order valence-electron chi connectivity index (χ1n) is 8.13. The maximum atomic E-state index is 10.3. The second-order valence-corrected chi connectivity index (χ2v) is 5.99. The highest BCUT2D eigenvalue weighted by molar-refractivity contribution is 5.18. The third-order valence-corrected chi connectivity index (χ3v) is 4.30. The molecule has 2 unspecified atom stereocenters. The van der Waals surface area contributed by atoms with Crippen LogP contribution in [0.25, 0.3) is 0 Å². The molecule has 2 aliphatic heterocycles. The van der Waals surface area contributed by atoms with E-state index in [1.165, 1.54) is 0 Å². The van der Waals surface area contributed by atoms with Gasteiger partial charge in [-0.1, -0.05) is 60.7 Å². The third kappa shape index (κ3) is 3.22. The standard InChI is InChI=1S/C19H20O5/c20-15-11-21-19(14-9-5-2-6-10-14)24-17(15)16-12-22-18(23-16)13-7-3-1-4-8-13/h1-10,15-20H,11-12H2/t15-,16+,17+,18?,19?/m1/s1. The van der Waals surface area contributed by atoms with Crippen molar-refractivity contribution >= 4 is 0 Å². The van der Waals surface area contributed by atoms with Gasteiger partial charge in [-0.25, -0.2) is 0 Å². The molecule has 2 aliphatic rings. The lowest BCUT2D eigenvalue weighted by atomic mass is 10.1. The lowest BCUT2D eigenvalue weighted by Crippen LogP contribution is -2.48. The van der Waals surface area contributed by atoms with Crippen LogP contribution in [0.1, 0.15) is 23.7 Å². The van der Waals surface area contributed by atoms with Crippen molar-refractivity contribution in [3.8, 4) is 0 Å². The molecule has 2 saturated heterocycles. The van der Waals surface area contributed by atoms with Gasteiger partial charge in [-0.05, 0) is 0 Å². The predicted octanol–water partition coefficient (Wildman–Crippen LogP) is 2.58. The van der Waals surface area contributed by atoms with Crippen molar-refractivity contribution in [2.45, 2.75) is 30.9 Å². The first kappa shape index (κ1) is 15.7. The molecule has 0 amide bonds. The van der Waals surface area contributed by atoms with Crippen LogP contribution in [0, 0.1) is 0 Å². The van der Waals surface area contributed by atoms with E-state index >= 15 is 0 Å². The van der Waals surface area contributed by atoms with Gasteiger partial charge in [0, 0.05) is 11.1 Å². The molecule has 0 aromatic heterocycles. The Morgan fingerprint density at radius 1 is 0.708 bits per heavy atom. The lowest BCUT2D eigenvalue weighted by molar-refractivity contribution is -0.277. The predicted molar refractivity (Wildman–Crippen MR) is 86.0 cm³/mol. The smallest absolute Gasteiger partial charge is 0.184 e. The zero-order valence-electron chi connectivity index (χ0n) is 13.2. The van der Waals surface area contributed by atoms with Crippen LogP contribution in [0.15, 0.2) is 60.7 Å². The van der Waals surface area contributed by atoms with Gasteiger partial charge in [-0.3, -0.25) is 0 Å². The lowest BCUT2D eigenvalue weighted by Gasteiger charge is -2.36. The van der Waals surface area contributed by atoms with Crippen LogP contribution in [0.5, 0.6) is 0 Å². The summed E-state index contributed by atoms with van der Waals surface area (Å²) in [6, 6.07) is 19.5. The summed E-state index contributed by atoms with van der Waals surface area (Å²) in [5, 5.41) is 10.3. The Bertz CT molecular complexity index is 647. The Morgan fingerprint density at radius 2 is 1.25 bits per heavy atom. The van der Waals surface area contributed by atoms with Gasteiger partial charge >= 0.3 is 0 Å². The number of rotatable bonds is 3. The van der Waals surface area contributed by atoms with Crippen molar-refractivity contribution in [2.24, 2.45) is 0 Å². The largest absolute Gasteiger partial charge is 0.388 e. The Morgan fingerprint density at radius 3 is 1.88 bits per heavy atom. The summed E-state index contributed by atoms with van der Waals surface area (Å²) in [6.07, 6.45) is -2.49. The van der Waals surface area contributed by atoms with E-state index in [4.69, 9.17) is 18.9 Å². The van der Waals surface area contributed by atoms with E-state index in [1.54, 1.807) is 0 Å². The summed E-state index contributed by atoms with van der Waals surface area (Å²) in [7, 11) is 0. The molecular weight excluding hydrogens is 308 g/mol. The summed E-state index contributed by atoms with van der Waals surface area (Å²) < 4.78 is 23.3. The average Bonchev–Trinajstić information content (AvgIpc) is 3.13. The molecular formula is C19H20O5. The van der Waals surface area contributed by atoms with Crippen LogP contribution in [0.3, 0.4) is 0 Å². The molecule has 0 radical (unpaired) electrons. The van der Waals surface area contributed by atoms with Crippen molar-refractivity contribution in [3.63, 3.8) is 0 Å². The number of hydrogen-bond acceptors (Lipinski definition) is 5. The Hall–Kier alpha value is -1.76.